The van der Waals surface area contributed by atoms with Gasteiger partial charge < -0.3 is 10.6 Å². The van der Waals surface area contributed by atoms with E-state index in [4.69, 9.17) is 0 Å². The monoisotopic (exact) mass is 356 g/mol. The molecule has 3 aromatic rings. The zero-order valence-corrected chi connectivity index (χ0v) is 14.7. The molecule has 0 saturated carbocycles. The van der Waals surface area contributed by atoms with Crippen molar-refractivity contribution in [3.63, 3.8) is 0 Å². The molecule has 2 N–H and O–H groups in total. The van der Waals surface area contributed by atoms with Gasteiger partial charge in [-0.2, -0.15) is 0 Å². The molecule has 24 heavy (non-hydrogen) atoms. The molecule has 7 heteroatoms. The Bertz CT molecular complexity index is 820. The number of rotatable bonds is 6. The highest BCUT2D eigenvalue weighted by Gasteiger charge is 2.10. The number of carbonyl (C=O) groups excluding carboxylic acids is 1. The number of nitrogens with zero attached hydrogens (tertiary/aromatic N) is 2. The molecule has 3 rings (SSSR count). The largest absolute Gasteiger partial charge is 0.363 e. The van der Waals surface area contributed by atoms with Gasteiger partial charge in [0.25, 0.3) is 0 Å². The quantitative estimate of drug-likeness (QED) is 0.654. The van der Waals surface area contributed by atoms with Crippen molar-refractivity contribution in [2.45, 2.75) is 4.34 Å². The lowest BCUT2D eigenvalue weighted by atomic mass is 10.0. The molecule has 0 fully saturated rings. The van der Waals surface area contributed by atoms with Crippen molar-refractivity contribution in [1.29, 1.82) is 0 Å². The Balaban J connectivity index is 1.66. The molecule has 1 amide bonds. The first-order chi connectivity index (χ1) is 11.8. The molecule has 1 aromatic heterocycles. The van der Waals surface area contributed by atoms with E-state index in [9.17, 15) is 4.79 Å². The van der Waals surface area contributed by atoms with Gasteiger partial charge in [0, 0.05) is 18.3 Å². The first-order valence-electron chi connectivity index (χ1n) is 7.34. The molecule has 0 radical (unpaired) electrons. The average Bonchev–Trinajstić information content (AvgIpc) is 3.09. The van der Waals surface area contributed by atoms with Gasteiger partial charge in [-0.15, -0.1) is 10.2 Å². The van der Waals surface area contributed by atoms with Crippen molar-refractivity contribution in [3.8, 4) is 11.1 Å². The van der Waals surface area contributed by atoms with Crippen LogP contribution in [0.25, 0.3) is 11.1 Å². The molecule has 0 atom stereocenters. The summed E-state index contributed by atoms with van der Waals surface area (Å²) >= 11 is 2.81. The van der Waals surface area contributed by atoms with Gasteiger partial charge in [-0.05, 0) is 11.6 Å². The van der Waals surface area contributed by atoms with Gasteiger partial charge in [0.15, 0.2) is 4.34 Å². The summed E-state index contributed by atoms with van der Waals surface area (Å²) in [7, 11) is 1.79. The van der Waals surface area contributed by atoms with Crippen LogP contribution < -0.4 is 10.6 Å². The summed E-state index contributed by atoms with van der Waals surface area (Å²) < 4.78 is 0.769. The maximum Gasteiger partial charge on any atom is 0.234 e. The van der Waals surface area contributed by atoms with Crippen molar-refractivity contribution in [2.24, 2.45) is 0 Å². The minimum absolute atomic E-state index is 0.0652. The molecule has 0 aliphatic heterocycles. The van der Waals surface area contributed by atoms with Crippen molar-refractivity contribution >= 4 is 39.8 Å². The van der Waals surface area contributed by atoms with Gasteiger partial charge in [0.05, 0.1) is 5.75 Å². The second-order valence-corrected chi connectivity index (χ2v) is 7.07. The van der Waals surface area contributed by atoms with E-state index < -0.39 is 0 Å². The van der Waals surface area contributed by atoms with Crippen molar-refractivity contribution in [1.82, 2.24) is 10.2 Å². The third kappa shape index (κ3) is 4.12. The number of thioether (sulfide) groups is 1. The van der Waals surface area contributed by atoms with E-state index in [1.807, 2.05) is 54.6 Å². The van der Waals surface area contributed by atoms with Crippen LogP contribution in [0.15, 0.2) is 58.9 Å². The third-order valence-corrected chi connectivity index (χ3v) is 5.31. The first-order valence-corrected chi connectivity index (χ1v) is 9.15. The number of amides is 1. The zero-order chi connectivity index (χ0) is 16.8. The summed E-state index contributed by atoms with van der Waals surface area (Å²) in [5, 5.41) is 14.6. The lowest BCUT2D eigenvalue weighted by Gasteiger charge is -2.10. The van der Waals surface area contributed by atoms with Gasteiger partial charge in [-0.3, -0.25) is 4.79 Å². The van der Waals surface area contributed by atoms with E-state index in [2.05, 4.69) is 20.8 Å². The van der Waals surface area contributed by atoms with Crippen LogP contribution in [0.3, 0.4) is 0 Å². The highest BCUT2D eigenvalue weighted by atomic mass is 32.2. The van der Waals surface area contributed by atoms with E-state index in [1.54, 1.807) is 7.05 Å². The van der Waals surface area contributed by atoms with E-state index in [-0.39, 0.29) is 5.91 Å². The maximum atomic E-state index is 12.3. The molecule has 0 bridgehead atoms. The number of para-hydroxylation sites is 1. The number of anilines is 2. The molecule has 0 spiro atoms. The summed E-state index contributed by atoms with van der Waals surface area (Å²) in [4.78, 5) is 12.3. The number of nitrogens with one attached hydrogen (secondary N) is 2. The fraction of sp³-hybridized carbons (Fsp3) is 0.118. The fourth-order valence-corrected chi connectivity index (χ4v) is 3.65. The summed E-state index contributed by atoms with van der Waals surface area (Å²) in [5.41, 5.74) is 2.89. The number of benzene rings is 2. The number of hydrogen-bond acceptors (Lipinski definition) is 6. The Hall–Kier alpha value is -2.38. The summed E-state index contributed by atoms with van der Waals surface area (Å²) in [6.45, 7) is 0. The SMILES string of the molecule is CNc1nnc(SCC(=O)Nc2ccccc2-c2ccccc2)s1. The molecule has 0 unspecified atom stereocenters. The first kappa shape index (κ1) is 16.5. The summed E-state index contributed by atoms with van der Waals surface area (Å²) in [6, 6.07) is 17.8. The van der Waals surface area contributed by atoms with Gasteiger partial charge >= 0.3 is 0 Å². The maximum absolute atomic E-state index is 12.3. The summed E-state index contributed by atoms with van der Waals surface area (Å²) in [6.07, 6.45) is 0. The predicted octanol–water partition coefficient (Wildman–Crippen LogP) is 3.98. The van der Waals surface area contributed by atoms with Crippen LogP contribution in [0.2, 0.25) is 0 Å². The van der Waals surface area contributed by atoms with E-state index >= 15 is 0 Å². The van der Waals surface area contributed by atoms with Crippen molar-refractivity contribution in [2.75, 3.05) is 23.4 Å². The molecular formula is C17H16N4OS2. The van der Waals surface area contributed by atoms with E-state index in [0.29, 0.717) is 5.75 Å². The van der Waals surface area contributed by atoms with Gasteiger partial charge in [-0.1, -0.05) is 71.6 Å². The number of aromatic nitrogens is 2. The molecule has 0 aliphatic rings. The van der Waals surface area contributed by atoms with Crippen LogP contribution in [-0.2, 0) is 4.79 Å². The van der Waals surface area contributed by atoms with Crippen LogP contribution in [0.1, 0.15) is 0 Å². The standard InChI is InChI=1S/C17H16N4OS2/c1-18-16-20-21-17(24-16)23-11-15(22)19-14-10-6-5-9-13(14)12-7-3-2-4-8-12/h2-10H,11H2,1H3,(H,18,20)(H,19,22). The second-order valence-electron chi connectivity index (χ2n) is 4.87. The highest BCUT2D eigenvalue weighted by Crippen LogP contribution is 2.28. The van der Waals surface area contributed by atoms with Crippen molar-refractivity contribution < 1.29 is 4.79 Å². The van der Waals surface area contributed by atoms with Gasteiger partial charge in [-0.25, -0.2) is 0 Å². The van der Waals surface area contributed by atoms with Crippen molar-refractivity contribution in [3.05, 3.63) is 54.6 Å². The highest BCUT2D eigenvalue weighted by molar-refractivity contribution is 8.01. The lowest BCUT2D eigenvalue weighted by molar-refractivity contribution is -0.113. The average molecular weight is 356 g/mol. The van der Waals surface area contributed by atoms with Crippen LogP contribution in [0.5, 0.6) is 0 Å². The Morgan fingerprint density at radius 3 is 2.58 bits per heavy atom. The molecule has 0 saturated heterocycles. The lowest BCUT2D eigenvalue weighted by Crippen LogP contribution is -2.14. The van der Waals surface area contributed by atoms with Gasteiger partial charge in [0.2, 0.25) is 11.0 Å². The summed E-state index contributed by atoms with van der Waals surface area (Å²) in [5.74, 6) is 0.228. The topological polar surface area (TPSA) is 66.9 Å². The molecule has 122 valence electrons. The Morgan fingerprint density at radius 2 is 1.83 bits per heavy atom. The minimum atomic E-state index is -0.0652. The normalized spacial score (nSPS) is 10.4. The van der Waals surface area contributed by atoms with Crippen LogP contribution in [0, 0.1) is 0 Å². The van der Waals surface area contributed by atoms with Crippen LogP contribution in [0.4, 0.5) is 10.8 Å². The number of carbonyl (C=O) groups is 1. The zero-order valence-electron chi connectivity index (χ0n) is 13.0. The van der Waals surface area contributed by atoms with E-state index in [1.165, 1.54) is 23.1 Å². The Morgan fingerprint density at radius 1 is 1.08 bits per heavy atom. The smallest absolute Gasteiger partial charge is 0.234 e. The minimum Gasteiger partial charge on any atom is -0.363 e. The van der Waals surface area contributed by atoms with Crippen LogP contribution >= 0.6 is 23.1 Å². The Labute approximate surface area is 148 Å². The Kier molecular flexibility index (Phi) is 5.45. The van der Waals surface area contributed by atoms with E-state index in [0.717, 1.165) is 26.3 Å². The molecule has 5 nitrogen and oxygen atoms in total. The predicted molar refractivity (Wildman–Crippen MR) is 101 cm³/mol. The van der Waals surface area contributed by atoms with Gasteiger partial charge in [0.1, 0.15) is 0 Å². The molecule has 0 aliphatic carbocycles. The fourth-order valence-electron chi connectivity index (χ4n) is 2.14. The number of hydrogen-bond donors (Lipinski definition) is 2. The third-order valence-electron chi connectivity index (χ3n) is 3.23. The van der Waals surface area contributed by atoms with Crippen LogP contribution in [-0.4, -0.2) is 28.9 Å². The second kappa shape index (κ2) is 7.94. The molecular weight excluding hydrogens is 340 g/mol. The molecule has 1 heterocycles. The molecule has 2 aromatic carbocycles.